The molecule has 0 amide bonds. The third-order valence-corrected chi connectivity index (χ3v) is 2.18. The second kappa shape index (κ2) is 3.45. The number of alkyl halides is 3. The Balaban J connectivity index is 3.49. The molecule has 0 saturated carbocycles. The van der Waals surface area contributed by atoms with E-state index in [1.54, 1.807) is 0 Å². The molecule has 0 radical (unpaired) electrons. The van der Waals surface area contributed by atoms with Gasteiger partial charge >= 0.3 is 6.18 Å². The number of hydrogen-bond donors (Lipinski definition) is 0. The van der Waals surface area contributed by atoms with Gasteiger partial charge in [0.25, 0.3) is 0 Å². The topological polar surface area (TPSA) is 0 Å². The van der Waals surface area contributed by atoms with E-state index in [2.05, 4.69) is 15.9 Å². The Morgan fingerprint density at radius 2 is 1.50 bits per heavy atom. The Morgan fingerprint density at radius 1 is 1.00 bits per heavy atom. The van der Waals surface area contributed by atoms with Gasteiger partial charge in [0.2, 0.25) is 0 Å². The van der Waals surface area contributed by atoms with Crippen molar-refractivity contribution in [3.63, 3.8) is 0 Å². The molecule has 0 N–H and O–H groups in total. The van der Waals surface area contributed by atoms with E-state index < -0.39 is 33.7 Å². The molecule has 14 heavy (non-hydrogen) atoms. The highest BCUT2D eigenvalue weighted by Gasteiger charge is 2.36. The SMILES string of the molecule is Fc1cc(C(F)(F)F)c(Br)c(F)c1F. The van der Waals surface area contributed by atoms with E-state index in [1.807, 2.05) is 0 Å². The van der Waals surface area contributed by atoms with Crippen LogP contribution in [0.2, 0.25) is 0 Å². The average Bonchev–Trinajstić information content (AvgIpc) is 2.06. The molecule has 7 heteroatoms. The van der Waals surface area contributed by atoms with E-state index in [0.29, 0.717) is 0 Å². The Morgan fingerprint density at radius 3 is 1.93 bits per heavy atom. The van der Waals surface area contributed by atoms with Gasteiger partial charge in [-0.2, -0.15) is 13.2 Å². The average molecular weight is 279 g/mol. The van der Waals surface area contributed by atoms with E-state index >= 15 is 0 Å². The predicted molar refractivity (Wildman–Crippen MR) is 39.0 cm³/mol. The van der Waals surface area contributed by atoms with Gasteiger partial charge in [-0.05, 0) is 22.0 Å². The maximum absolute atomic E-state index is 12.6. The van der Waals surface area contributed by atoms with Crippen LogP contribution in [0.5, 0.6) is 0 Å². The summed E-state index contributed by atoms with van der Waals surface area (Å²) >= 11 is 2.20. The highest BCUT2D eigenvalue weighted by Crippen LogP contribution is 2.37. The van der Waals surface area contributed by atoms with Crippen molar-refractivity contribution in [2.75, 3.05) is 0 Å². The van der Waals surface area contributed by atoms with Crippen LogP contribution >= 0.6 is 15.9 Å². The summed E-state index contributed by atoms with van der Waals surface area (Å²) in [6.07, 6.45) is -4.94. The Bertz CT molecular complexity index is 369. The fraction of sp³-hybridized carbons (Fsp3) is 0.143. The number of halogens is 7. The van der Waals surface area contributed by atoms with Crippen molar-refractivity contribution in [2.45, 2.75) is 6.18 Å². The first kappa shape index (κ1) is 11.4. The van der Waals surface area contributed by atoms with E-state index in [-0.39, 0.29) is 6.07 Å². The molecular formula is C7HBrF6. The molecule has 0 saturated heterocycles. The van der Waals surface area contributed by atoms with Gasteiger partial charge in [-0.15, -0.1) is 0 Å². The second-order valence-corrected chi connectivity index (χ2v) is 3.14. The lowest BCUT2D eigenvalue weighted by Gasteiger charge is -2.10. The quantitative estimate of drug-likeness (QED) is 0.384. The first-order valence-electron chi connectivity index (χ1n) is 3.15. The summed E-state index contributed by atoms with van der Waals surface area (Å²) in [7, 11) is 0. The highest BCUT2D eigenvalue weighted by molar-refractivity contribution is 9.10. The molecule has 0 heterocycles. The fourth-order valence-electron chi connectivity index (χ4n) is 0.779. The minimum Gasteiger partial charge on any atom is -0.204 e. The fourth-order valence-corrected chi connectivity index (χ4v) is 1.29. The molecule has 1 rings (SSSR count). The maximum Gasteiger partial charge on any atom is 0.417 e. The summed E-state index contributed by atoms with van der Waals surface area (Å²) in [4.78, 5) is 0. The van der Waals surface area contributed by atoms with Gasteiger partial charge in [-0.3, -0.25) is 0 Å². The van der Waals surface area contributed by atoms with Crippen molar-refractivity contribution >= 4 is 15.9 Å². The van der Waals surface area contributed by atoms with Crippen molar-refractivity contribution in [1.82, 2.24) is 0 Å². The van der Waals surface area contributed by atoms with Crippen molar-refractivity contribution in [1.29, 1.82) is 0 Å². The van der Waals surface area contributed by atoms with Gasteiger partial charge in [-0.1, -0.05) is 0 Å². The Labute approximate surface area is 82.7 Å². The molecule has 1 aromatic carbocycles. The first-order valence-corrected chi connectivity index (χ1v) is 3.94. The molecule has 0 aliphatic heterocycles. The number of rotatable bonds is 0. The smallest absolute Gasteiger partial charge is 0.204 e. The van der Waals surface area contributed by atoms with Gasteiger partial charge in [0.1, 0.15) is 0 Å². The summed E-state index contributed by atoms with van der Waals surface area (Å²) in [6.45, 7) is 0. The van der Waals surface area contributed by atoms with Crippen LogP contribution in [-0.4, -0.2) is 0 Å². The molecule has 0 nitrogen and oxygen atoms in total. The van der Waals surface area contributed by atoms with Crippen molar-refractivity contribution in [3.8, 4) is 0 Å². The normalized spacial score (nSPS) is 11.9. The lowest BCUT2D eigenvalue weighted by molar-refractivity contribution is -0.138. The summed E-state index contributed by atoms with van der Waals surface area (Å²) in [5.41, 5.74) is -1.59. The van der Waals surface area contributed by atoms with E-state index in [1.165, 1.54) is 0 Å². The lowest BCUT2D eigenvalue weighted by Crippen LogP contribution is -2.09. The molecule has 0 atom stereocenters. The zero-order chi connectivity index (χ0) is 11.1. The number of hydrogen-bond acceptors (Lipinski definition) is 0. The third-order valence-electron chi connectivity index (χ3n) is 1.41. The molecule has 1 aromatic rings. The van der Waals surface area contributed by atoms with Crippen LogP contribution in [0.3, 0.4) is 0 Å². The first-order chi connectivity index (χ1) is 6.25. The van der Waals surface area contributed by atoms with Crippen LogP contribution in [0.25, 0.3) is 0 Å². The molecule has 0 bridgehead atoms. The van der Waals surface area contributed by atoms with Gasteiger partial charge in [0.05, 0.1) is 10.0 Å². The zero-order valence-electron chi connectivity index (χ0n) is 6.22. The molecule has 0 spiro atoms. The minimum atomic E-state index is -4.94. The molecule has 0 unspecified atom stereocenters. The zero-order valence-corrected chi connectivity index (χ0v) is 7.81. The van der Waals surface area contributed by atoms with Crippen LogP contribution in [0.4, 0.5) is 26.3 Å². The summed E-state index contributed by atoms with van der Waals surface area (Å²) in [5, 5.41) is 0. The van der Waals surface area contributed by atoms with Crippen LogP contribution in [0.1, 0.15) is 5.56 Å². The Kier molecular flexibility index (Phi) is 2.80. The summed E-state index contributed by atoms with van der Waals surface area (Å²) in [6, 6.07) is -0.109. The van der Waals surface area contributed by atoms with Crippen LogP contribution < -0.4 is 0 Å². The molecular weight excluding hydrogens is 278 g/mol. The minimum absolute atomic E-state index is 0.109. The van der Waals surface area contributed by atoms with Crippen molar-refractivity contribution in [3.05, 3.63) is 33.6 Å². The Hall–Kier alpha value is -0.720. The van der Waals surface area contributed by atoms with E-state index in [0.717, 1.165) is 0 Å². The van der Waals surface area contributed by atoms with Gasteiger partial charge in [-0.25, -0.2) is 13.2 Å². The molecule has 0 aliphatic rings. The summed E-state index contributed by atoms with van der Waals surface area (Å²) in [5.74, 6) is -5.71. The molecule has 0 aliphatic carbocycles. The van der Waals surface area contributed by atoms with Crippen LogP contribution in [0.15, 0.2) is 10.5 Å². The van der Waals surface area contributed by atoms with Crippen LogP contribution in [-0.2, 0) is 6.18 Å². The largest absolute Gasteiger partial charge is 0.417 e. The van der Waals surface area contributed by atoms with E-state index in [4.69, 9.17) is 0 Å². The lowest BCUT2D eigenvalue weighted by atomic mass is 10.2. The van der Waals surface area contributed by atoms with Gasteiger partial charge < -0.3 is 0 Å². The predicted octanol–water partition coefficient (Wildman–Crippen LogP) is 3.89. The highest BCUT2D eigenvalue weighted by atomic mass is 79.9. The monoisotopic (exact) mass is 278 g/mol. The van der Waals surface area contributed by atoms with Crippen LogP contribution in [0, 0.1) is 17.5 Å². The van der Waals surface area contributed by atoms with Gasteiger partial charge in [0, 0.05) is 0 Å². The van der Waals surface area contributed by atoms with Gasteiger partial charge in [0.15, 0.2) is 17.5 Å². The maximum atomic E-state index is 12.6. The third kappa shape index (κ3) is 1.87. The molecule has 0 fully saturated rings. The summed E-state index contributed by atoms with van der Waals surface area (Å²) < 4.78 is 72.5. The number of benzene rings is 1. The van der Waals surface area contributed by atoms with Crippen molar-refractivity contribution < 1.29 is 26.3 Å². The standard InChI is InChI=1S/C7HBrF6/c8-4-2(7(12,13)14)1-3(9)5(10)6(4)11/h1H. The molecule has 78 valence electrons. The van der Waals surface area contributed by atoms with Crippen molar-refractivity contribution in [2.24, 2.45) is 0 Å². The second-order valence-electron chi connectivity index (χ2n) is 2.35. The molecule has 0 aromatic heterocycles. The van der Waals surface area contributed by atoms with E-state index in [9.17, 15) is 26.3 Å².